The van der Waals surface area contributed by atoms with Gasteiger partial charge in [0.1, 0.15) is 0 Å². The molecule has 1 aliphatic rings. The van der Waals surface area contributed by atoms with Gasteiger partial charge in [-0.25, -0.2) is 9.97 Å². The lowest BCUT2D eigenvalue weighted by Crippen LogP contribution is -2.40. The molecule has 0 saturated carbocycles. The van der Waals surface area contributed by atoms with Crippen LogP contribution in [0.5, 0.6) is 0 Å². The maximum absolute atomic E-state index is 6.01. The normalized spacial score (nSPS) is 16.4. The van der Waals surface area contributed by atoms with Gasteiger partial charge in [0, 0.05) is 19.1 Å². The molecule has 0 radical (unpaired) electrons. The van der Waals surface area contributed by atoms with Gasteiger partial charge in [-0.05, 0) is 25.0 Å². The molecule has 0 bridgehead atoms. The fourth-order valence-corrected chi connectivity index (χ4v) is 2.35. The Labute approximate surface area is 118 Å². The average Bonchev–Trinajstić information content (AvgIpc) is 2.39. The van der Waals surface area contributed by atoms with Gasteiger partial charge in [0.05, 0.1) is 11.0 Å². The monoisotopic (exact) mass is 279 g/mol. The van der Waals surface area contributed by atoms with Crippen LogP contribution in [-0.2, 0) is 0 Å². The van der Waals surface area contributed by atoms with Crippen molar-refractivity contribution in [2.45, 2.75) is 18.9 Å². The van der Waals surface area contributed by atoms with E-state index in [4.69, 9.17) is 11.5 Å². The molecule has 1 saturated heterocycles. The van der Waals surface area contributed by atoms with Gasteiger partial charge >= 0.3 is 0 Å². The summed E-state index contributed by atoms with van der Waals surface area (Å²) in [4.78, 5) is 11.2. The Morgan fingerprint density at radius 2 is 1.63 bits per heavy atom. The number of piperidine rings is 1. The van der Waals surface area contributed by atoms with Gasteiger partial charge in [0.15, 0.2) is 11.6 Å². The zero-order valence-corrected chi connectivity index (χ0v) is 11.4. The number of benzene rings is 1. The Hall–Kier alpha value is -1.59. The molecule has 0 atom stereocenters. The molecule has 2 heterocycles. The highest BCUT2D eigenvalue weighted by Crippen LogP contribution is 2.24. The molecule has 0 aliphatic carbocycles. The second-order valence-electron chi connectivity index (χ2n) is 4.75. The third-order valence-corrected chi connectivity index (χ3v) is 3.42. The number of anilines is 2. The number of aromatic nitrogens is 2. The van der Waals surface area contributed by atoms with E-state index in [0.717, 1.165) is 42.8 Å². The number of nitrogens with two attached hydrogens (primary N) is 2. The molecule has 19 heavy (non-hydrogen) atoms. The van der Waals surface area contributed by atoms with Gasteiger partial charge in [0.25, 0.3) is 0 Å². The molecular formula is C13H18ClN5. The van der Waals surface area contributed by atoms with E-state index in [0.29, 0.717) is 11.9 Å². The van der Waals surface area contributed by atoms with Crippen LogP contribution in [0.25, 0.3) is 11.0 Å². The standard InChI is InChI=1S/C13H17N5.ClH/c14-9-5-7-18(8-6-9)13-12(15)16-10-3-1-2-4-11(10)17-13;/h1-4,9H,5-8,14H2,(H2,15,16);1H. The topological polar surface area (TPSA) is 81.1 Å². The summed E-state index contributed by atoms with van der Waals surface area (Å²) in [7, 11) is 0. The van der Waals surface area contributed by atoms with Crippen LogP contribution in [0.1, 0.15) is 12.8 Å². The minimum Gasteiger partial charge on any atom is -0.381 e. The number of hydrogen-bond acceptors (Lipinski definition) is 5. The number of fused-ring (bicyclic) bond motifs is 1. The minimum atomic E-state index is 0. The quantitative estimate of drug-likeness (QED) is 0.828. The van der Waals surface area contributed by atoms with Gasteiger partial charge in [-0.2, -0.15) is 0 Å². The van der Waals surface area contributed by atoms with Crippen LogP contribution in [0.2, 0.25) is 0 Å². The van der Waals surface area contributed by atoms with Crippen LogP contribution >= 0.6 is 12.4 Å². The number of para-hydroxylation sites is 2. The van der Waals surface area contributed by atoms with Crippen LogP contribution in [-0.4, -0.2) is 29.1 Å². The van der Waals surface area contributed by atoms with E-state index >= 15 is 0 Å². The van der Waals surface area contributed by atoms with Crippen molar-refractivity contribution >= 4 is 35.1 Å². The van der Waals surface area contributed by atoms with Crippen LogP contribution in [0, 0.1) is 0 Å². The van der Waals surface area contributed by atoms with E-state index in [2.05, 4.69) is 14.9 Å². The van der Waals surface area contributed by atoms with E-state index in [1.807, 2.05) is 24.3 Å². The third kappa shape index (κ3) is 2.72. The third-order valence-electron chi connectivity index (χ3n) is 3.42. The lowest BCUT2D eigenvalue weighted by atomic mass is 10.1. The molecule has 6 heteroatoms. The summed E-state index contributed by atoms with van der Waals surface area (Å²) in [6.45, 7) is 1.80. The Balaban J connectivity index is 0.00000133. The van der Waals surface area contributed by atoms with E-state index in [9.17, 15) is 0 Å². The predicted molar refractivity (Wildman–Crippen MR) is 80.6 cm³/mol. The van der Waals surface area contributed by atoms with Crippen molar-refractivity contribution in [1.29, 1.82) is 0 Å². The Morgan fingerprint density at radius 3 is 2.26 bits per heavy atom. The van der Waals surface area contributed by atoms with Crippen LogP contribution in [0.15, 0.2) is 24.3 Å². The second kappa shape index (κ2) is 5.59. The van der Waals surface area contributed by atoms with E-state index < -0.39 is 0 Å². The fourth-order valence-electron chi connectivity index (χ4n) is 2.35. The maximum Gasteiger partial charge on any atom is 0.172 e. The van der Waals surface area contributed by atoms with Crippen molar-refractivity contribution in [2.24, 2.45) is 5.73 Å². The molecule has 3 rings (SSSR count). The first-order valence-corrected chi connectivity index (χ1v) is 6.27. The zero-order chi connectivity index (χ0) is 12.5. The largest absolute Gasteiger partial charge is 0.381 e. The van der Waals surface area contributed by atoms with Crippen LogP contribution in [0.3, 0.4) is 0 Å². The number of nitrogen functional groups attached to an aromatic ring is 1. The molecule has 1 aliphatic heterocycles. The molecule has 0 unspecified atom stereocenters. The van der Waals surface area contributed by atoms with E-state index in [1.165, 1.54) is 0 Å². The van der Waals surface area contributed by atoms with E-state index in [-0.39, 0.29) is 12.4 Å². The first kappa shape index (κ1) is 13.8. The van der Waals surface area contributed by atoms with Gasteiger partial charge < -0.3 is 16.4 Å². The number of nitrogens with zero attached hydrogens (tertiary/aromatic N) is 3. The summed E-state index contributed by atoms with van der Waals surface area (Å²) in [5, 5.41) is 0. The summed E-state index contributed by atoms with van der Waals surface area (Å²) in [5.74, 6) is 1.30. The lowest BCUT2D eigenvalue weighted by Gasteiger charge is -2.31. The summed E-state index contributed by atoms with van der Waals surface area (Å²) in [5.41, 5.74) is 13.6. The molecule has 1 aromatic carbocycles. The van der Waals surface area contributed by atoms with Crippen molar-refractivity contribution < 1.29 is 0 Å². The van der Waals surface area contributed by atoms with Gasteiger partial charge in [-0.1, -0.05) is 12.1 Å². The molecule has 4 N–H and O–H groups in total. The Morgan fingerprint density at radius 1 is 1.05 bits per heavy atom. The number of rotatable bonds is 1. The van der Waals surface area contributed by atoms with E-state index in [1.54, 1.807) is 0 Å². The first-order valence-electron chi connectivity index (χ1n) is 6.27. The molecule has 2 aromatic rings. The summed E-state index contributed by atoms with van der Waals surface area (Å²) >= 11 is 0. The molecule has 1 aromatic heterocycles. The number of halogens is 1. The highest BCUT2D eigenvalue weighted by Gasteiger charge is 2.20. The van der Waals surface area contributed by atoms with Crippen molar-refractivity contribution in [2.75, 3.05) is 23.7 Å². The van der Waals surface area contributed by atoms with Crippen molar-refractivity contribution in [1.82, 2.24) is 9.97 Å². The fraction of sp³-hybridized carbons (Fsp3) is 0.385. The maximum atomic E-state index is 6.01. The predicted octanol–water partition coefficient (Wildman–Crippen LogP) is 1.56. The zero-order valence-electron chi connectivity index (χ0n) is 10.6. The summed E-state index contributed by atoms with van der Waals surface area (Å²) in [6.07, 6.45) is 1.96. The summed E-state index contributed by atoms with van der Waals surface area (Å²) in [6, 6.07) is 8.09. The molecular weight excluding hydrogens is 262 g/mol. The van der Waals surface area contributed by atoms with Crippen LogP contribution in [0.4, 0.5) is 11.6 Å². The van der Waals surface area contributed by atoms with Crippen molar-refractivity contribution in [3.05, 3.63) is 24.3 Å². The van der Waals surface area contributed by atoms with Gasteiger partial charge in [-0.15, -0.1) is 12.4 Å². The molecule has 5 nitrogen and oxygen atoms in total. The van der Waals surface area contributed by atoms with Gasteiger partial charge in [-0.3, -0.25) is 0 Å². The first-order chi connectivity index (χ1) is 8.74. The van der Waals surface area contributed by atoms with Crippen LogP contribution < -0.4 is 16.4 Å². The SMILES string of the molecule is Cl.Nc1nc2ccccc2nc1N1CCC(N)CC1. The number of hydrogen-bond donors (Lipinski definition) is 2. The highest BCUT2D eigenvalue weighted by molar-refractivity contribution is 5.85. The van der Waals surface area contributed by atoms with Crippen molar-refractivity contribution in [3.8, 4) is 0 Å². The highest BCUT2D eigenvalue weighted by atomic mass is 35.5. The molecule has 0 spiro atoms. The molecule has 102 valence electrons. The average molecular weight is 280 g/mol. The molecule has 1 fully saturated rings. The smallest absolute Gasteiger partial charge is 0.172 e. The Kier molecular flexibility index (Phi) is 4.07. The van der Waals surface area contributed by atoms with Crippen molar-refractivity contribution in [3.63, 3.8) is 0 Å². The Bertz CT molecular complexity index is 566. The second-order valence-corrected chi connectivity index (χ2v) is 4.75. The van der Waals surface area contributed by atoms with Gasteiger partial charge in [0.2, 0.25) is 0 Å². The minimum absolute atomic E-state index is 0. The lowest BCUT2D eigenvalue weighted by molar-refractivity contribution is 0.499. The molecule has 0 amide bonds. The summed E-state index contributed by atoms with van der Waals surface area (Å²) < 4.78 is 0.